The third-order valence-corrected chi connectivity index (χ3v) is 3.24. The quantitative estimate of drug-likeness (QED) is 0.588. The Morgan fingerprint density at radius 1 is 1.10 bits per heavy atom. The second kappa shape index (κ2) is 5.20. The van der Waals surface area contributed by atoms with Crippen LogP contribution in [0.3, 0.4) is 0 Å². The molecular formula is C16H13N3O2. The highest BCUT2D eigenvalue weighted by atomic mass is 16.5. The van der Waals surface area contributed by atoms with Crippen LogP contribution < -0.4 is 10.5 Å². The molecule has 0 aliphatic rings. The van der Waals surface area contributed by atoms with Crippen LogP contribution in [0.2, 0.25) is 0 Å². The van der Waals surface area contributed by atoms with Gasteiger partial charge in [0.1, 0.15) is 0 Å². The molecule has 0 spiro atoms. The molecule has 3 aromatic rings. The predicted octanol–water partition coefficient (Wildman–Crippen LogP) is 2.45. The number of hydrogen-bond donors (Lipinski definition) is 1. The molecule has 0 amide bonds. The second-order valence-corrected chi connectivity index (χ2v) is 4.53. The first-order chi connectivity index (χ1) is 10.2. The molecule has 104 valence electrons. The summed E-state index contributed by atoms with van der Waals surface area (Å²) in [5.74, 6) is -0.113. The number of nitrogens with two attached hydrogens (primary N) is 1. The maximum atomic E-state index is 12.6. The molecule has 0 aliphatic heterocycles. The number of hydrogen-bond acceptors (Lipinski definition) is 5. The maximum Gasteiger partial charge on any atom is 0.243 e. The van der Waals surface area contributed by atoms with Crippen molar-refractivity contribution in [3.05, 3.63) is 60.0 Å². The van der Waals surface area contributed by atoms with Crippen molar-refractivity contribution in [2.45, 2.75) is 0 Å². The normalized spacial score (nSPS) is 10.5. The van der Waals surface area contributed by atoms with Crippen LogP contribution in [0.25, 0.3) is 10.8 Å². The van der Waals surface area contributed by atoms with Gasteiger partial charge in [-0.25, -0.2) is 9.97 Å². The Hall–Kier alpha value is -2.95. The smallest absolute Gasteiger partial charge is 0.243 e. The average Bonchev–Trinajstić information content (AvgIpc) is 2.53. The molecule has 0 bridgehead atoms. The van der Waals surface area contributed by atoms with Crippen LogP contribution in [-0.4, -0.2) is 22.9 Å². The van der Waals surface area contributed by atoms with E-state index in [2.05, 4.69) is 9.97 Å². The van der Waals surface area contributed by atoms with Gasteiger partial charge in [0.15, 0.2) is 5.69 Å². The van der Waals surface area contributed by atoms with E-state index in [1.165, 1.54) is 19.5 Å². The van der Waals surface area contributed by atoms with Crippen LogP contribution in [0.5, 0.6) is 5.88 Å². The molecular weight excluding hydrogens is 266 g/mol. The number of ketones is 1. The first-order valence-electron chi connectivity index (χ1n) is 6.38. The van der Waals surface area contributed by atoms with Gasteiger partial charge in [0.2, 0.25) is 11.7 Å². The SMILES string of the molecule is COc1nccnc1C(=O)c1cc2ccccc2cc1N. The zero-order valence-corrected chi connectivity index (χ0v) is 11.4. The van der Waals surface area contributed by atoms with Gasteiger partial charge in [0, 0.05) is 23.6 Å². The van der Waals surface area contributed by atoms with Crippen molar-refractivity contribution in [1.29, 1.82) is 0 Å². The van der Waals surface area contributed by atoms with Gasteiger partial charge in [0.25, 0.3) is 0 Å². The Labute approximate surface area is 121 Å². The number of rotatable bonds is 3. The minimum Gasteiger partial charge on any atom is -0.479 e. The van der Waals surface area contributed by atoms with Gasteiger partial charge >= 0.3 is 0 Å². The topological polar surface area (TPSA) is 78.1 Å². The summed E-state index contributed by atoms with van der Waals surface area (Å²) < 4.78 is 5.08. The number of carbonyl (C=O) groups excluding carboxylic acids is 1. The summed E-state index contributed by atoms with van der Waals surface area (Å²) in [6.07, 6.45) is 2.92. The van der Waals surface area contributed by atoms with Gasteiger partial charge in [0.05, 0.1) is 7.11 Å². The van der Waals surface area contributed by atoms with Crippen molar-refractivity contribution in [2.75, 3.05) is 12.8 Å². The summed E-state index contributed by atoms with van der Waals surface area (Å²) in [6, 6.07) is 11.3. The number of benzene rings is 2. The molecule has 21 heavy (non-hydrogen) atoms. The van der Waals surface area contributed by atoms with E-state index in [1.54, 1.807) is 12.1 Å². The van der Waals surface area contributed by atoms with Crippen molar-refractivity contribution in [2.24, 2.45) is 0 Å². The van der Waals surface area contributed by atoms with Gasteiger partial charge in [-0.05, 0) is 22.9 Å². The molecule has 0 saturated heterocycles. The van der Waals surface area contributed by atoms with Gasteiger partial charge in [-0.1, -0.05) is 24.3 Å². The van der Waals surface area contributed by atoms with Gasteiger partial charge in [-0.2, -0.15) is 0 Å². The molecule has 1 aromatic heterocycles. The monoisotopic (exact) mass is 279 g/mol. The van der Waals surface area contributed by atoms with E-state index in [9.17, 15) is 4.79 Å². The highest BCUT2D eigenvalue weighted by Crippen LogP contribution is 2.25. The van der Waals surface area contributed by atoms with Crippen LogP contribution >= 0.6 is 0 Å². The number of methoxy groups -OCH3 is 1. The first kappa shape index (κ1) is 13.1. The largest absolute Gasteiger partial charge is 0.479 e. The van der Waals surface area contributed by atoms with Crippen molar-refractivity contribution >= 4 is 22.2 Å². The zero-order chi connectivity index (χ0) is 14.8. The van der Waals surface area contributed by atoms with E-state index in [1.807, 2.05) is 24.3 Å². The highest BCUT2D eigenvalue weighted by Gasteiger charge is 2.19. The standard InChI is InChI=1S/C16H13N3O2/c1-21-16-14(18-6-7-19-16)15(20)12-8-10-4-2-3-5-11(10)9-13(12)17/h2-9H,17H2,1H3. The lowest BCUT2D eigenvalue weighted by Gasteiger charge is -2.08. The third kappa shape index (κ3) is 2.29. The zero-order valence-electron chi connectivity index (χ0n) is 11.4. The van der Waals surface area contributed by atoms with E-state index in [0.29, 0.717) is 11.3 Å². The van der Waals surface area contributed by atoms with E-state index in [4.69, 9.17) is 10.5 Å². The van der Waals surface area contributed by atoms with Crippen LogP contribution in [0.1, 0.15) is 16.1 Å². The minimum absolute atomic E-state index is 0.155. The number of anilines is 1. The summed E-state index contributed by atoms with van der Waals surface area (Å²) in [5, 5.41) is 1.93. The van der Waals surface area contributed by atoms with Gasteiger partial charge < -0.3 is 10.5 Å². The molecule has 0 fully saturated rings. The maximum absolute atomic E-state index is 12.6. The molecule has 5 nitrogen and oxygen atoms in total. The van der Waals surface area contributed by atoms with E-state index in [0.717, 1.165) is 10.8 Å². The van der Waals surface area contributed by atoms with Crippen molar-refractivity contribution in [3.63, 3.8) is 0 Å². The van der Waals surface area contributed by atoms with E-state index >= 15 is 0 Å². The Balaban J connectivity index is 2.15. The summed E-state index contributed by atoms with van der Waals surface area (Å²) in [7, 11) is 1.45. The molecule has 1 heterocycles. The predicted molar refractivity (Wildman–Crippen MR) is 80.4 cm³/mol. The van der Waals surface area contributed by atoms with Gasteiger partial charge in [-0.15, -0.1) is 0 Å². The fourth-order valence-electron chi connectivity index (χ4n) is 2.21. The fourth-order valence-corrected chi connectivity index (χ4v) is 2.21. The third-order valence-electron chi connectivity index (χ3n) is 3.24. The Morgan fingerprint density at radius 2 is 1.76 bits per heavy atom. The van der Waals surface area contributed by atoms with Crippen LogP contribution in [0, 0.1) is 0 Å². The van der Waals surface area contributed by atoms with Crippen molar-refractivity contribution < 1.29 is 9.53 Å². The van der Waals surface area contributed by atoms with Crippen LogP contribution in [-0.2, 0) is 0 Å². The molecule has 2 N–H and O–H groups in total. The number of fused-ring (bicyclic) bond motifs is 1. The van der Waals surface area contributed by atoms with E-state index in [-0.39, 0.29) is 17.4 Å². The van der Waals surface area contributed by atoms with Crippen molar-refractivity contribution in [3.8, 4) is 5.88 Å². The Morgan fingerprint density at radius 3 is 2.48 bits per heavy atom. The Bertz CT molecular complexity index is 831. The highest BCUT2D eigenvalue weighted by molar-refractivity contribution is 6.14. The second-order valence-electron chi connectivity index (χ2n) is 4.53. The summed E-state index contributed by atoms with van der Waals surface area (Å²) in [4.78, 5) is 20.7. The average molecular weight is 279 g/mol. The lowest BCUT2D eigenvalue weighted by atomic mass is 10.0. The lowest BCUT2D eigenvalue weighted by molar-refractivity contribution is 0.103. The molecule has 0 radical (unpaired) electrons. The van der Waals surface area contributed by atoms with Crippen LogP contribution in [0.15, 0.2) is 48.8 Å². The molecule has 3 rings (SSSR count). The Kier molecular flexibility index (Phi) is 3.23. The minimum atomic E-state index is -0.303. The van der Waals surface area contributed by atoms with Gasteiger partial charge in [-0.3, -0.25) is 4.79 Å². The molecule has 0 unspecified atom stereocenters. The number of ether oxygens (including phenoxy) is 1. The number of nitrogen functional groups attached to an aromatic ring is 1. The molecule has 2 aromatic carbocycles. The summed E-state index contributed by atoms with van der Waals surface area (Å²) >= 11 is 0. The first-order valence-corrected chi connectivity index (χ1v) is 6.38. The molecule has 0 atom stereocenters. The molecule has 0 aliphatic carbocycles. The number of aromatic nitrogens is 2. The number of nitrogens with zero attached hydrogens (tertiary/aromatic N) is 2. The van der Waals surface area contributed by atoms with E-state index < -0.39 is 0 Å². The van der Waals surface area contributed by atoms with Crippen LogP contribution in [0.4, 0.5) is 5.69 Å². The number of carbonyl (C=O) groups is 1. The summed E-state index contributed by atoms with van der Waals surface area (Å²) in [6.45, 7) is 0. The lowest BCUT2D eigenvalue weighted by Crippen LogP contribution is -2.10. The summed E-state index contributed by atoms with van der Waals surface area (Å²) in [5.41, 5.74) is 6.97. The molecule has 5 heteroatoms. The van der Waals surface area contributed by atoms with Crippen molar-refractivity contribution in [1.82, 2.24) is 9.97 Å². The molecule has 0 saturated carbocycles. The fraction of sp³-hybridized carbons (Fsp3) is 0.0625.